The van der Waals surface area contributed by atoms with Crippen LogP contribution in [0.3, 0.4) is 0 Å². The van der Waals surface area contributed by atoms with E-state index in [1.165, 1.54) is 77.9 Å². The summed E-state index contributed by atoms with van der Waals surface area (Å²) in [6.07, 6.45) is 0. The Hall–Kier alpha value is -10.7. The average molecular weight is 1130 g/mol. The number of rotatable bonds is 8. The highest BCUT2D eigenvalue weighted by Crippen LogP contribution is 2.67. The summed E-state index contributed by atoms with van der Waals surface area (Å²) in [4.78, 5) is 5.10. The van der Waals surface area contributed by atoms with Crippen molar-refractivity contribution in [3.05, 3.63) is 336 Å². The minimum atomic E-state index is -0.784. The van der Waals surface area contributed by atoms with Crippen LogP contribution in [-0.2, 0) is 16.2 Å². The van der Waals surface area contributed by atoms with Crippen molar-refractivity contribution in [2.45, 2.75) is 43.9 Å². The Bertz CT molecular complexity index is 5190. The van der Waals surface area contributed by atoms with Gasteiger partial charge in [-0.3, -0.25) is 0 Å². The Kier molecular flexibility index (Phi) is 10.7. The molecular formula is C85H60N2O. The number of benzene rings is 13. The molecule has 0 saturated heterocycles. The maximum Gasteiger partial charge on any atom is 0.145 e. The standard InChI is InChI=1S/C85H60N2O/c1-83(2)68-36-18-11-31-60(68)64-46-43-55(49-72(64)83)86(76-40-22-15-29-58(76)53-25-7-5-8-26-53)56-45-48-66-74(51-56)85(70-38-20-13-33-62(70)63-34-14-21-39-71(63)85)75-52-78(81-67-35-17-24-42-79(67)88-82(81)80(66)75)87(77-41-23-16-30-59(77)54-27-9-6-10-28-54)57-44-47-65-61-32-12-19-37-69(61)84(3,4)73(65)50-57/h5-52H,1-4H3. The van der Waals surface area contributed by atoms with Gasteiger partial charge in [-0.2, -0.15) is 0 Å². The summed E-state index contributed by atoms with van der Waals surface area (Å²) in [6.45, 7) is 9.54. The van der Waals surface area contributed by atoms with Gasteiger partial charge in [-0.25, -0.2) is 0 Å². The minimum absolute atomic E-state index is 0.209. The van der Waals surface area contributed by atoms with E-state index in [4.69, 9.17) is 4.42 Å². The quantitative estimate of drug-likeness (QED) is 0.151. The number of fused-ring (bicyclic) bond motifs is 20. The van der Waals surface area contributed by atoms with E-state index in [0.29, 0.717) is 0 Å². The van der Waals surface area contributed by atoms with E-state index in [1.54, 1.807) is 0 Å². The zero-order valence-electron chi connectivity index (χ0n) is 49.5. The lowest BCUT2D eigenvalue weighted by molar-refractivity contribution is 0.660. The van der Waals surface area contributed by atoms with Crippen LogP contribution >= 0.6 is 0 Å². The van der Waals surface area contributed by atoms with Crippen molar-refractivity contribution in [3.63, 3.8) is 0 Å². The first-order chi connectivity index (χ1) is 43.2. The fourth-order valence-electron chi connectivity index (χ4n) is 16.3. The highest BCUT2D eigenvalue weighted by Gasteiger charge is 2.54. The molecule has 0 bridgehead atoms. The molecule has 14 aromatic rings. The summed E-state index contributed by atoms with van der Waals surface area (Å²) < 4.78 is 7.59. The van der Waals surface area contributed by atoms with Crippen LogP contribution in [-0.4, -0.2) is 0 Å². The maximum atomic E-state index is 7.59. The van der Waals surface area contributed by atoms with Crippen LogP contribution in [0, 0.1) is 0 Å². The third kappa shape index (κ3) is 6.90. The molecule has 1 spiro atoms. The molecular weight excluding hydrogens is 1060 g/mol. The molecule has 0 atom stereocenters. The Labute approximate surface area is 513 Å². The Morgan fingerprint density at radius 3 is 1.19 bits per heavy atom. The summed E-state index contributed by atoms with van der Waals surface area (Å²) in [7, 11) is 0. The van der Waals surface area contributed by atoms with Crippen molar-refractivity contribution in [3.8, 4) is 66.8 Å². The average Bonchev–Trinajstić information content (AvgIpc) is 1.94. The molecule has 1 heterocycles. The molecule has 0 fully saturated rings. The van der Waals surface area contributed by atoms with Crippen molar-refractivity contribution >= 4 is 56.1 Å². The van der Waals surface area contributed by atoms with Crippen LogP contribution in [0.5, 0.6) is 0 Å². The number of nitrogens with zero attached hydrogens (tertiary/aromatic N) is 2. The van der Waals surface area contributed by atoms with Crippen LogP contribution in [0.25, 0.3) is 88.7 Å². The van der Waals surface area contributed by atoms with E-state index in [9.17, 15) is 0 Å². The van der Waals surface area contributed by atoms with E-state index in [0.717, 1.165) is 89.4 Å². The predicted molar refractivity (Wildman–Crippen MR) is 365 cm³/mol. The van der Waals surface area contributed by atoms with Crippen molar-refractivity contribution in [1.82, 2.24) is 0 Å². The largest absolute Gasteiger partial charge is 0.455 e. The van der Waals surface area contributed by atoms with E-state index in [2.05, 4.69) is 329 Å². The van der Waals surface area contributed by atoms with E-state index in [-0.39, 0.29) is 10.8 Å². The number of hydrogen-bond donors (Lipinski definition) is 0. The lowest BCUT2D eigenvalue weighted by Gasteiger charge is -2.34. The first kappa shape index (κ1) is 50.6. The lowest BCUT2D eigenvalue weighted by atomic mass is 9.70. The second-order valence-electron chi connectivity index (χ2n) is 25.4. The van der Waals surface area contributed by atoms with Gasteiger partial charge < -0.3 is 14.2 Å². The van der Waals surface area contributed by atoms with Gasteiger partial charge >= 0.3 is 0 Å². The SMILES string of the molecule is CC1(C)c2ccccc2-c2ccc(N(c3ccc4c(c3)C3(c5ccccc5-c5ccccc53)c3cc(N(c5ccc6c(c5)C(C)(C)c5ccccc5-6)c5ccccc5-c5ccccc5)c5c(oc6ccccc65)c3-4)c3ccccc3-c3ccccc3)cc21. The molecule has 4 aliphatic rings. The molecule has 88 heavy (non-hydrogen) atoms. The van der Waals surface area contributed by atoms with Crippen LogP contribution in [0.4, 0.5) is 34.1 Å². The second-order valence-corrected chi connectivity index (χ2v) is 25.4. The molecule has 0 saturated carbocycles. The van der Waals surface area contributed by atoms with E-state index < -0.39 is 5.41 Å². The number of anilines is 6. The van der Waals surface area contributed by atoms with Crippen LogP contribution in [0.15, 0.2) is 296 Å². The fraction of sp³-hybridized carbons (Fsp3) is 0.0824. The Morgan fingerprint density at radius 1 is 0.273 bits per heavy atom. The van der Waals surface area contributed by atoms with Gasteiger partial charge in [0.1, 0.15) is 11.2 Å². The molecule has 3 nitrogen and oxygen atoms in total. The molecule has 4 aliphatic carbocycles. The van der Waals surface area contributed by atoms with Gasteiger partial charge in [0.15, 0.2) is 0 Å². The van der Waals surface area contributed by atoms with Gasteiger partial charge in [0, 0.05) is 50.0 Å². The fourth-order valence-corrected chi connectivity index (χ4v) is 16.3. The topological polar surface area (TPSA) is 19.6 Å². The van der Waals surface area contributed by atoms with Gasteiger partial charge in [-0.15, -0.1) is 0 Å². The zero-order chi connectivity index (χ0) is 58.6. The summed E-state index contributed by atoms with van der Waals surface area (Å²) in [5.74, 6) is 0. The Balaban J connectivity index is 0.949. The first-order valence-electron chi connectivity index (χ1n) is 30.9. The monoisotopic (exact) mass is 1120 g/mol. The molecule has 18 rings (SSSR count). The maximum absolute atomic E-state index is 7.59. The smallest absolute Gasteiger partial charge is 0.145 e. The summed E-state index contributed by atoms with van der Waals surface area (Å²) in [5, 5.41) is 2.15. The second kappa shape index (κ2) is 18.6. The third-order valence-electron chi connectivity index (χ3n) is 20.3. The molecule has 0 amide bonds. The summed E-state index contributed by atoms with van der Waals surface area (Å²) >= 11 is 0. The Morgan fingerprint density at radius 2 is 0.659 bits per heavy atom. The van der Waals surface area contributed by atoms with Gasteiger partial charge in [-0.1, -0.05) is 258 Å². The van der Waals surface area contributed by atoms with Gasteiger partial charge in [-0.05, 0) is 155 Å². The summed E-state index contributed by atoms with van der Waals surface area (Å²) in [6, 6.07) is 109. The molecule has 0 N–H and O–H groups in total. The van der Waals surface area contributed by atoms with Crippen molar-refractivity contribution < 1.29 is 4.42 Å². The third-order valence-corrected chi connectivity index (χ3v) is 20.3. The molecule has 0 radical (unpaired) electrons. The van der Waals surface area contributed by atoms with Crippen LogP contribution in [0.1, 0.15) is 72.2 Å². The van der Waals surface area contributed by atoms with Crippen molar-refractivity contribution in [2.75, 3.05) is 9.80 Å². The highest BCUT2D eigenvalue weighted by molar-refractivity contribution is 6.20. The number of furan rings is 1. The van der Waals surface area contributed by atoms with Crippen LogP contribution in [0.2, 0.25) is 0 Å². The summed E-state index contributed by atoms with van der Waals surface area (Å²) in [5.41, 5.74) is 31.9. The molecule has 13 aromatic carbocycles. The lowest BCUT2D eigenvalue weighted by Crippen LogP contribution is -2.26. The molecule has 0 aliphatic heterocycles. The normalized spacial score (nSPS) is 14.4. The van der Waals surface area contributed by atoms with E-state index in [1.807, 2.05) is 0 Å². The van der Waals surface area contributed by atoms with Crippen LogP contribution < -0.4 is 9.80 Å². The minimum Gasteiger partial charge on any atom is -0.455 e. The van der Waals surface area contributed by atoms with Gasteiger partial charge in [0.05, 0.1) is 27.9 Å². The molecule has 0 unspecified atom stereocenters. The first-order valence-corrected chi connectivity index (χ1v) is 30.9. The van der Waals surface area contributed by atoms with Crippen molar-refractivity contribution in [1.29, 1.82) is 0 Å². The molecule has 416 valence electrons. The number of hydrogen-bond acceptors (Lipinski definition) is 3. The molecule has 1 aromatic heterocycles. The van der Waals surface area contributed by atoms with Gasteiger partial charge in [0.2, 0.25) is 0 Å². The molecule has 3 heteroatoms. The predicted octanol–water partition coefficient (Wildman–Crippen LogP) is 22.8. The van der Waals surface area contributed by atoms with E-state index >= 15 is 0 Å². The van der Waals surface area contributed by atoms with Crippen molar-refractivity contribution in [2.24, 2.45) is 0 Å². The highest BCUT2D eigenvalue weighted by atomic mass is 16.3. The zero-order valence-corrected chi connectivity index (χ0v) is 49.5. The number of para-hydroxylation sites is 3. The van der Waals surface area contributed by atoms with Gasteiger partial charge in [0.25, 0.3) is 0 Å².